The van der Waals surface area contributed by atoms with E-state index in [1.807, 2.05) is 12.1 Å². The summed E-state index contributed by atoms with van der Waals surface area (Å²) in [7, 11) is 0. The lowest BCUT2D eigenvalue weighted by atomic mass is 10.3. The number of aliphatic carboxylic acids is 1. The Bertz CT molecular complexity index is 1180. The van der Waals surface area contributed by atoms with Gasteiger partial charge in [0.1, 0.15) is 16.4 Å². The lowest BCUT2D eigenvalue weighted by Gasteiger charge is -2.21. The summed E-state index contributed by atoms with van der Waals surface area (Å²) in [5, 5.41) is 18.7. The van der Waals surface area contributed by atoms with Gasteiger partial charge < -0.3 is 20.6 Å². The summed E-state index contributed by atoms with van der Waals surface area (Å²) in [6.45, 7) is 3.43. The zero-order valence-corrected chi connectivity index (χ0v) is 18.6. The number of nitrogens with zero attached hydrogens (tertiary/aromatic N) is 3. The smallest absolute Gasteiger partial charge is 0.475 e. The number of hydrogen-bond donors (Lipinski definition) is 3. The molecule has 1 fully saturated rings. The van der Waals surface area contributed by atoms with Crippen LogP contribution in [0.3, 0.4) is 0 Å². The summed E-state index contributed by atoms with van der Waals surface area (Å²) in [5.74, 6) is -2.66. The molecule has 190 valence electrons. The first kappa shape index (κ1) is 26.3. The molecule has 0 unspecified atom stereocenters. The SMILES string of the molecule is O=C(Nc1ccsc1C(F)(F)F)c1ccc2ccc(N3CCCNCC3)nn12.O=C(O)C(F)(F)F. The molecule has 8 nitrogen and oxygen atoms in total. The molecular formula is C20H19F6N5O3S. The van der Waals surface area contributed by atoms with Crippen molar-refractivity contribution >= 4 is 40.2 Å². The number of aromatic nitrogens is 2. The second-order valence-corrected chi connectivity index (χ2v) is 8.17. The van der Waals surface area contributed by atoms with Gasteiger partial charge in [-0.2, -0.15) is 26.3 Å². The molecule has 0 atom stereocenters. The summed E-state index contributed by atoms with van der Waals surface area (Å²) < 4.78 is 72.4. The van der Waals surface area contributed by atoms with Gasteiger partial charge in [-0.25, -0.2) is 9.31 Å². The van der Waals surface area contributed by atoms with Crippen LogP contribution < -0.4 is 15.5 Å². The molecule has 0 radical (unpaired) electrons. The standard InChI is InChI=1S/C18H18F3N5OS.C2HF3O2/c19-18(20,21)16-13(6-11-28-16)23-17(27)14-4-2-12-3-5-15(24-26(12)14)25-9-1-7-22-8-10-25;3-2(4,5)1(6)7/h2-6,11,22H,1,7-10H2,(H,23,27);(H,6,7). The maximum atomic E-state index is 13.1. The minimum absolute atomic E-state index is 0.184. The largest absolute Gasteiger partial charge is 0.490 e. The van der Waals surface area contributed by atoms with Crippen molar-refractivity contribution in [3.8, 4) is 0 Å². The molecule has 4 heterocycles. The van der Waals surface area contributed by atoms with Crippen molar-refractivity contribution in [2.45, 2.75) is 18.8 Å². The van der Waals surface area contributed by atoms with Gasteiger partial charge in [0, 0.05) is 19.6 Å². The number of carboxylic acid groups (broad SMARTS) is 1. The minimum Gasteiger partial charge on any atom is -0.475 e. The van der Waals surface area contributed by atoms with Crippen LogP contribution in [-0.2, 0) is 11.0 Å². The molecule has 1 aliphatic heterocycles. The average Bonchev–Trinajstić information content (AvgIpc) is 3.32. The number of thiophene rings is 1. The van der Waals surface area contributed by atoms with Crippen molar-refractivity contribution < 1.29 is 41.0 Å². The third kappa shape index (κ3) is 6.63. The Hall–Kier alpha value is -3.33. The van der Waals surface area contributed by atoms with E-state index in [1.165, 1.54) is 16.0 Å². The predicted molar refractivity (Wildman–Crippen MR) is 116 cm³/mol. The molecule has 1 saturated heterocycles. The van der Waals surface area contributed by atoms with Crippen LogP contribution in [0.25, 0.3) is 5.52 Å². The number of anilines is 2. The molecule has 0 bridgehead atoms. The fraction of sp³-hybridized carbons (Fsp3) is 0.350. The van der Waals surface area contributed by atoms with Crippen molar-refractivity contribution in [2.75, 3.05) is 36.4 Å². The molecule has 3 aromatic heterocycles. The van der Waals surface area contributed by atoms with Crippen LogP contribution in [0.2, 0.25) is 0 Å². The lowest BCUT2D eigenvalue weighted by Crippen LogP contribution is -2.29. The number of carbonyl (C=O) groups is 2. The molecule has 35 heavy (non-hydrogen) atoms. The molecule has 1 aliphatic rings. The number of hydrogen-bond acceptors (Lipinski definition) is 6. The van der Waals surface area contributed by atoms with Gasteiger partial charge in [0.15, 0.2) is 0 Å². The Morgan fingerprint density at radius 1 is 1.03 bits per heavy atom. The number of nitrogens with one attached hydrogen (secondary N) is 2. The van der Waals surface area contributed by atoms with Crippen LogP contribution in [0.15, 0.2) is 35.7 Å². The third-order valence-electron chi connectivity index (χ3n) is 4.80. The summed E-state index contributed by atoms with van der Waals surface area (Å²) in [4.78, 5) is 22.8. The number of carbonyl (C=O) groups excluding carboxylic acids is 1. The second-order valence-electron chi connectivity index (χ2n) is 7.26. The number of halogens is 6. The first-order valence-corrected chi connectivity index (χ1v) is 11.0. The van der Waals surface area contributed by atoms with E-state index in [0.717, 1.165) is 38.4 Å². The fourth-order valence-electron chi connectivity index (χ4n) is 3.21. The van der Waals surface area contributed by atoms with Gasteiger partial charge in [-0.3, -0.25) is 4.79 Å². The molecule has 4 rings (SSSR count). The van der Waals surface area contributed by atoms with Gasteiger partial charge in [-0.15, -0.1) is 16.4 Å². The van der Waals surface area contributed by atoms with E-state index < -0.39 is 29.1 Å². The highest BCUT2D eigenvalue weighted by molar-refractivity contribution is 7.10. The highest BCUT2D eigenvalue weighted by atomic mass is 32.1. The topological polar surface area (TPSA) is 99.0 Å². The number of fused-ring (bicyclic) bond motifs is 1. The van der Waals surface area contributed by atoms with Gasteiger partial charge in [0.2, 0.25) is 0 Å². The highest BCUT2D eigenvalue weighted by Gasteiger charge is 2.38. The van der Waals surface area contributed by atoms with Crippen LogP contribution in [0.5, 0.6) is 0 Å². The molecule has 3 aromatic rings. The van der Waals surface area contributed by atoms with E-state index in [2.05, 4.69) is 20.6 Å². The number of carboxylic acids is 1. The summed E-state index contributed by atoms with van der Waals surface area (Å²) in [5.41, 5.74) is 0.638. The van der Waals surface area contributed by atoms with Crippen LogP contribution in [-0.4, -0.2) is 59.0 Å². The Kier molecular flexibility index (Phi) is 7.90. The van der Waals surface area contributed by atoms with E-state index in [4.69, 9.17) is 9.90 Å². The van der Waals surface area contributed by atoms with Gasteiger partial charge >= 0.3 is 18.3 Å². The van der Waals surface area contributed by atoms with E-state index in [0.29, 0.717) is 16.9 Å². The molecule has 0 spiro atoms. The maximum absolute atomic E-state index is 13.1. The summed E-state index contributed by atoms with van der Waals surface area (Å²) in [6, 6.07) is 8.27. The Labute approximate surface area is 198 Å². The molecule has 0 aliphatic carbocycles. The number of alkyl halides is 6. The quantitative estimate of drug-likeness (QED) is 0.448. The van der Waals surface area contributed by atoms with Crippen LogP contribution in [0.1, 0.15) is 21.8 Å². The first-order valence-electron chi connectivity index (χ1n) is 10.1. The van der Waals surface area contributed by atoms with Gasteiger partial charge in [0.05, 0.1) is 11.2 Å². The Balaban J connectivity index is 0.000000429. The fourth-order valence-corrected chi connectivity index (χ4v) is 3.93. The third-order valence-corrected chi connectivity index (χ3v) is 5.76. The van der Waals surface area contributed by atoms with Crippen molar-refractivity contribution in [2.24, 2.45) is 0 Å². The predicted octanol–water partition coefficient (Wildman–Crippen LogP) is 4.10. The lowest BCUT2D eigenvalue weighted by molar-refractivity contribution is -0.192. The second kappa shape index (κ2) is 10.5. The number of rotatable bonds is 3. The monoisotopic (exact) mass is 523 g/mol. The van der Waals surface area contributed by atoms with E-state index >= 15 is 0 Å². The van der Waals surface area contributed by atoms with Gasteiger partial charge in [-0.1, -0.05) is 0 Å². The Morgan fingerprint density at radius 3 is 2.37 bits per heavy atom. The van der Waals surface area contributed by atoms with E-state index in [9.17, 15) is 31.1 Å². The molecule has 0 aromatic carbocycles. The van der Waals surface area contributed by atoms with Crippen LogP contribution in [0.4, 0.5) is 37.8 Å². The maximum Gasteiger partial charge on any atom is 0.490 e. The van der Waals surface area contributed by atoms with Crippen LogP contribution in [0, 0.1) is 0 Å². The van der Waals surface area contributed by atoms with Crippen molar-refractivity contribution in [3.63, 3.8) is 0 Å². The first-order chi connectivity index (χ1) is 16.4. The van der Waals surface area contributed by atoms with E-state index in [1.54, 1.807) is 12.1 Å². The number of amides is 1. The van der Waals surface area contributed by atoms with Crippen LogP contribution >= 0.6 is 11.3 Å². The highest BCUT2D eigenvalue weighted by Crippen LogP contribution is 2.39. The van der Waals surface area contributed by atoms with Gasteiger partial charge in [0.25, 0.3) is 5.91 Å². The molecule has 3 N–H and O–H groups in total. The average molecular weight is 523 g/mol. The van der Waals surface area contributed by atoms with Crippen molar-refractivity contribution in [3.05, 3.63) is 46.3 Å². The van der Waals surface area contributed by atoms with Crippen molar-refractivity contribution in [1.29, 1.82) is 0 Å². The molecule has 0 saturated carbocycles. The Morgan fingerprint density at radius 2 is 1.71 bits per heavy atom. The molecule has 15 heteroatoms. The normalized spacial score (nSPS) is 14.7. The zero-order valence-electron chi connectivity index (χ0n) is 17.8. The summed E-state index contributed by atoms with van der Waals surface area (Å²) >= 11 is 0.548. The minimum atomic E-state index is -5.08. The van der Waals surface area contributed by atoms with Gasteiger partial charge in [-0.05, 0) is 48.7 Å². The molecular weight excluding hydrogens is 504 g/mol. The zero-order chi connectivity index (χ0) is 25.8. The summed E-state index contributed by atoms with van der Waals surface area (Å²) in [6.07, 6.45) is -8.61. The van der Waals surface area contributed by atoms with E-state index in [-0.39, 0.29) is 11.4 Å². The van der Waals surface area contributed by atoms with Crippen molar-refractivity contribution in [1.82, 2.24) is 14.9 Å². The molecule has 1 amide bonds.